The van der Waals surface area contributed by atoms with Gasteiger partial charge in [-0.25, -0.2) is 9.13 Å². The van der Waals surface area contributed by atoms with Crippen LogP contribution >= 0.6 is 0 Å². The molecule has 102 valence electrons. The van der Waals surface area contributed by atoms with E-state index in [0.717, 1.165) is 0 Å². The monoisotopic (exact) mass is 273 g/mol. The number of rotatable bonds is 4. The van der Waals surface area contributed by atoms with E-state index in [2.05, 4.69) is 36.4 Å². The second-order valence-electron chi connectivity index (χ2n) is 4.76. The summed E-state index contributed by atoms with van der Waals surface area (Å²) in [4.78, 5) is 0. The van der Waals surface area contributed by atoms with Crippen molar-refractivity contribution in [3.8, 4) is 0 Å². The molecule has 0 fully saturated rings. The third-order valence-electron chi connectivity index (χ3n) is 3.15. The molecule has 0 amide bonds. The Labute approximate surface area is 124 Å². The quantitative estimate of drug-likeness (QED) is 0.635. The summed E-state index contributed by atoms with van der Waals surface area (Å²) in [6.07, 6.45) is 14.3. The molecule has 0 atom stereocenters. The molecule has 0 saturated heterocycles. The molecular formula is C19H17N2+. The first-order chi connectivity index (χ1) is 10.4. The molecule has 2 nitrogen and oxygen atoms in total. The molecule has 1 aromatic heterocycles. The summed E-state index contributed by atoms with van der Waals surface area (Å²) >= 11 is 0. The predicted octanol–water partition coefficient (Wildman–Crippen LogP) is 4.03. The van der Waals surface area contributed by atoms with Crippen LogP contribution in [0.1, 0.15) is 11.1 Å². The summed E-state index contributed by atoms with van der Waals surface area (Å²) in [5.41, 5.74) is 2.38. The Morgan fingerprint density at radius 1 is 0.762 bits per heavy atom. The van der Waals surface area contributed by atoms with E-state index in [1.807, 2.05) is 76.7 Å². The standard InChI is InChI=1S/C19H17N2/c1-3-7-18(8-4-1)11-13-20-15-16-21(17-20)14-12-19-9-5-2-6-10-19/h1-17H/q+1. The lowest BCUT2D eigenvalue weighted by Crippen LogP contribution is -2.21. The van der Waals surface area contributed by atoms with E-state index in [-0.39, 0.29) is 0 Å². The van der Waals surface area contributed by atoms with Crippen molar-refractivity contribution in [3.05, 3.63) is 90.5 Å². The molecule has 1 heterocycles. The number of nitrogens with zero attached hydrogens (tertiary/aromatic N) is 2. The average molecular weight is 273 g/mol. The van der Waals surface area contributed by atoms with Gasteiger partial charge in [-0.3, -0.25) is 0 Å². The third-order valence-corrected chi connectivity index (χ3v) is 3.15. The van der Waals surface area contributed by atoms with Crippen molar-refractivity contribution in [2.45, 2.75) is 0 Å². The highest BCUT2D eigenvalue weighted by Gasteiger charge is 1.97. The summed E-state index contributed by atoms with van der Waals surface area (Å²) in [6, 6.07) is 20.6. The first kappa shape index (κ1) is 13.1. The Balaban J connectivity index is 1.69. The van der Waals surface area contributed by atoms with Gasteiger partial charge < -0.3 is 0 Å². The van der Waals surface area contributed by atoms with Gasteiger partial charge in [0, 0.05) is 0 Å². The fraction of sp³-hybridized carbons (Fsp3) is 0. The molecule has 0 saturated carbocycles. The minimum absolute atomic E-state index is 1.19. The molecule has 3 rings (SSSR count). The van der Waals surface area contributed by atoms with Crippen molar-refractivity contribution >= 4 is 24.6 Å². The minimum Gasteiger partial charge on any atom is -0.209 e. The highest BCUT2D eigenvalue weighted by atomic mass is 15.1. The third kappa shape index (κ3) is 3.80. The fourth-order valence-corrected chi connectivity index (χ4v) is 2.03. The molecule has 3 aromatic rings. The molecule has 0 aliphatic rings. The molecule has 0 N–H and O–H groups in total. The van der Waals surface area contributed by atoms with E-state index in [1.54, 1.807) is 0 Å². The molecule has 0 aliphatic carbocycles. The zero-order valence-electron chi connectivity index (χ0n) is 11.7. The van der Waals surface area contributed by atoms with Gasteiger partial charge in [-0.2, -0.15) is 0 Å². The van der Waals surface area contributed by atoms with E-state index in [4.69, 9.17) is 0 Å². The molecule has 0 spiro atoms. The average Bonchev–Trinajstić information content (AvgIpc) is 3.01. The van der Waals surface area contributed by atoms with Gasteiger partial charge in [-0.1, -0.05) is 60.7 Å². The van der Waals surface area contributed by atoms with Gasteiger partial charge in [0.1, 0.15) is 12.4 Å². The van der Waals surface area contributed by atoms with Crippen LogP contribution in [0.2, 0.25) is 0 Å². The van der Waals surface area contributed by atoms with Gasteiger partial charge in [0.2, 0.25) is 0 Å². The molecule has 2 aromatic carbocycles. The maximum absolute atomic E-state index is 2.09. The SMILES string of the molecule is C(=Cn1cc[n+](C=Cc2ccccc2)c1)c1ccccc1. The Morgan fingerprint density at radius 3 is 2.05 bits per heavy atom. The molecule has 2 heteroatoms. The van der Waals surface area contributed by atoms with Crippen LogP contribution in [-0.2, 0) is 0 Å². The van der Waals surface area contributed by atoms with Crippen LogP contribution in [0.5, 0.6) is 0 Å². The van der Waals surface area contributed by atoms with Crippen molar-refractivity contribution in [2.75, 3.05) is 0 Å². The van der Waals surface area contributed by atoms with Gasteiger partial charge in [-0.15, -0.1) is 0 Å². The second-order valence-corrected chi connectivity index (χ2v) is 4.76. The summed E-state index contributed by atoms with van der Waals surface area (Å²) in [6.45, 7) is 0. The maximum atomic E-state index is 2.09. The Bertz CT molecular complexity index is 674. The van der Waals surface area contributed by atoms with Crippen molar-refractivity contribution < 1.29 is 4.57 Å². The smallest absolute Gasteiger partial charge is 0.209 e. The van der Waals surface area contributed by atoms with Crippen molar-refractivity contribution in [2.24, 2.45) is 0 Å². The molecular weight excluding hydrogens is 256 g/mol. The summed E-state index contributed by atoms with van der Waals surface area (Å²) in [5, 5.41) is 0. The van der Waals surface area contributed by atoms with Crippen LogP contribution in [0, 0.1) is 0 Å². The lowest BCUT2D eigenvalue weighted by Gasteiger charge is -1.90. The van der Waals surface area contributed by atoms with Gasteiger partial charge in [0.05, 0.1) is 12.4 Å². The van der Waals surface area contributed by atoms with Gasteiger partial charge in [0.25, 0.3) is 6.33 Å². The number of benzene rings is 2. The van der Waals surface area contributed by atoms with Crippen LogP contribution in [0.4, 0.5) is 0 Å². The van der Waals surface area contributed by atoms with Gasteiger partial charge in [-0.05, 0) is 23.3 Å². The number of imidazole rings is 1. The lowest BCUT2D eigenvalue weighted by atomic mass is 10.2. The van der Waals surface area contributed by atoms with E-state index in [9.17, 15) is 0 Å². The first-order valence-electron chi connectivity index (χ1n) is 6.95. The van der Waals surface area contributed by atoms with E-state index in [0.29, 0.717) is 0 Å². The molecule has 0 radical (unpaired) electrons. The summed E-state index contributed by atoms with van der Waals surface area (Å²) in [7, 11) is 0. The van der Waals surface area contributed by atoms with Gasteiger partial charge >= 0.3 is 0 Å². The number of aromatic nitrogens is 2. The molecule has 21 heavy (non-hydrogen) atoms. The fourth-order valence-electron chi connectivity index (χ4n) is 2.03. The minimum atomic E-state index is 1.19. The van der Waals surface area contributed by atoms with Crippen LogP contribution in [0.3, 0.4) is 0 Å². The largest absolute Gasteiger partial charge is 0.253 e. The van der Waals surface area contributed by atoms with Gasteiger partial charge in [0.15, 0.2) is 0 Å². The Kier molecular flexibility index (Phi) is 4.08. The van der Waals surface area contributed by atoms with Crippen LogP contribution in [0.15, 0.2) is 79.4 Å². The normalized spacial score (nSPS) is 11.4. The lowest BCUT2D eigenvalue weighted by molar-refractivity contribution is -0.566. The van der Waals surface area contributed by atoms with E-state index in [1.165, 1.54) is 11.1 Å². The summed E-state index contributed by atoms with van der Waals surface area (Å²) < 4.78 is 4.06. The first-order valence-corrected chi connectivity index (χ1v) is 6.95. The highest BCUT2D eigenvalue weighted by molar-refractivity contribution is 5.60. The maximum Gasteiger partial charge on any atom is 0.253 e. The topological polar surface area (TPSA) is 8.81 Å². The Morgan fingerprint density at radius 2 is 1.38 bits per heavy atom. The van der Waals surface area contributed by atoms with Crippen molar-refractivity contribution in [1.29, 1.82) is 0 Å². The predicted molar refractivity (Wildman–Crippen MR) is 88.0 cm³/mol. The molecule has 0 unspecified atom stereocenters. The van der Waals surface area contributed by atoms with Crippen LogP contribution in [-0.4, -0.2) is 4.57 Å². The van der Waals surface area contributed by atoms with E-state index >= 15 is 0 Å². The zero-order valence-corrected chi connectivity index (χ0v) is 11.7. The van der Waals surface area contributed by atoms with Crippen molar-refractivity contribution in [3.63, 3.8) is 0 Å². The summed E-state index contributed by atoms with van der Waals surface area (Å²) in [5.74, 6) is 0. The number of hydrogen-bond acceptors (Lipinski definition) is 0. The molecule has 0 bridgehead atoms. The zero-order chi connectivity index (χ0) is 14.3. The van der Waals surface area contributed by atoms with Crippen LogP contribution < -0.4 is 4.57 Å². The highest BCUT2D eigenvalue weighted by Crippen LogP contribution is 2.03. The number of hydrogen-bond donors (Lipinski definition) is 0. The van der Waals surface area contributed by atoms with E-state index < -0.39 is 0 Å². The Hall–Kier alpha value is -2.87. The van der Waals surface area contributed by atoms with Crippen LogP contribution in [0.25, 0.3) is 24.6 Å². The molecule has 0 aliphatic heterocycles. The second kappa shape index (κ2) is 6.53. The van der Waals surface area contributed by atoms with Crippen molar-refractivity contribution in [1.82, 2.24) is 4.57 Å².